The molecular weight excluding hydrogens is 224 g/mol. The minimum Gasteiger partial charge on any atom is -0.391 e. The van der Waals surface area contributed by atoms with Crippen LogP contribution in [0.25, 0.3) is 0 Å². The van der Waals surface area contributed by atoms with Crippen LogP contribution < -0.4 is 5.32 Å². The smallest absolute Gasteiger partial charge is 0.263 e. The van der Waals surface area contributed by atoms with Crippen LogP contribution in [0.3, 0.4) is 0 Å². The maximum absolute atomic E-state index is 11.7. The van der Waals surface area contributed by atoms with Crippen molar-refractivity contribution in [3.8, 4) is 0 Å². The fourth-order valence-corrected chi connectivity index (χ4v) is 2.30. The lowest BCUT2D eigenvalue weighted by molar-refractivity contribution is 0.0913. The Hall–Kier alpha value is -0.940. The van der Waals surface area contributed by atoms with E-state index in [-0.39, 0.29) is 5.91 Å². The second-order valence-electron chi connectivity index (χ2n) is 3.80. The van der Waals surface area contributed by atoms with Crippen LogP contribution in [-0.4, -0.2) is 28.6 Å². The molecule has 4 nitrogen and oxygen atoms in total. The number of thiazole rings is 1. The predicted molar refractivity (Wildman–Crippen MR) is 64.8 cm³/mol. The van der Waals surface area contributed by atoms with Gasteiger partial charge in [-0.1, -0.05) is 13.3 Å². The van der Waals surface area contributed by atoms with Crippen molar-refractivity contribution in [2.24, 2.45) is 0 Å². The zero-order chi connectivity index (χ0) is 12.1. The number of hydrogen-bond donors (Lipinski definition) is 2. The minimum absolute atomic E-state index is 0.141. The number of nitrogens with one attached hydrogen (secondary N) is 1. The third-order valence-corrected chi connectivity index (χ3v) is 3.30. The summed E-state index contributed by atoms with van der Waals surface area (Å²) in [5.74, 6) is -0.141. The lowest BCUT2D eigenvalue weighted by Crippen LogP contribution is -2.31. The maximum atomic E-state index is 11.7. The van der Waals surface area contributed by atoms with Gasteiger partial charge in [0.15, 0.2) is 0 Å². The molecule has 0 saturated heterocycles. The number of hydrogen-bond acceptors (Lipinski definition) is 4. The van der Waals surface area contributed by atoms with Crippen molar-refractivity contribution in [1.29, 1.82) is 0 Å². The van der Waals surface area contributed by atoms with E-state index in [1.807, 2.05) is 20.8 Å². The summed E-state index contributed by atoms with van der Waals surface area (Å²) in [6.45, 7) is 6.01. The van der Waals surface area contributed by atoms with Gasteiger partial charge in [0.25, 0.3) is 5.91 Å². The summed E-state index contributed by atoms with van der Waals surface area (Å²) in [5.41, 5.74) is 0.755. The number of amides is 1. The van der Waals surface area contributed by atoms with Crippen molar-refractivity contribution in [2.45, 2.75) is 39.7 Å². The summed E-state index contributed by atoms with van der Waals surface area (Å²) < 4.78 is 0. The van der Waals surface area contributed by atoms with Crippen LogP contribution in [0.15, 0.2) is 0 Å². The highest BCUT2D eigenvalue weighted by Crippen LogP contribution is 2.16. The maximum Gasteiger partial charge on any atom is 0.263 e. The van der Waals surface area contributed by atoms with Crippen molar-refractivity contribution in [3.05, 3.63) is 15.6 Å². The Balaban J connectivity index is 2.50. The molecule has 16 heavy (non-hydrogen) atoms. The highest BCUT2D eigenvalue weighted by Gasteiger charge is 2.14. The molecule has 1 aromatic rings. The van der Waals surface area contributed by atoms with E-state index in [1.54, 1.807) is 0 Å². The van der Waals surface area contributed by atoms with Crippen LogP contribution >= 0.6 is 11.3 Å². The number of rotatable bonds is 5. The Kier molecular flexibility index (Phi) is 4.89. The molecule has 2 N–H and O–H groups in total. The predicted octanol–water partition coefficient (Wildman–Crippen LogP) is 1.65. The molecule has 0 saturated carbocycles. The topological polar surface area (TPSA) is 62.2 Å². The number of aliphatic hydroxyl groups excluding tert-OH is 1. The molecule has 0 spiro atoms. The number of aliphatic hydroxyl groups is 1. The Morgan fingerprint density at radius 2 is 2.25 bits per heavy atom. The summed E-state index contributed by atoms with van der Waals surface area (Å²) in [4.78, 5) is 16.6. The normalized spacial score (nSPS) is 12.5. The highest BCUT2D eigenvalue weighted by atomic mass is 32.1. The van der Waals surface area contributed by atoms with E-state index in [0.717, 1.165) is 17.1 Å². The van der Waals surface area contributed by atoms with Crippen molar-refractivity contribution in [1.82, 2.24) is 10.3 Å². The van der Waals surface area contributed by atoms with E-state index >= 15 is 0 Å². The van der Waals surface area contributed by atoms with Crippen molar-refractivity contribution in [3.63, 3.8) is 0 Å². The summed E-state index contributed by atoms with van der Waals surface area (Å²) in [6.07, 6.45) is 1.17. The van der Waals surface area contributed by atoms with E-state index in [4.69, 9.17) is 0 Å². The van der Waals surface area contributed by atoms with E-state index in [2.05, 4.69) is 10.3 Å². The van der Waals surface area contributed by atoms with Gasteiger partial charge in [-0.25, -0.2) is 4.98 Å². The molecular formula is C11H18N2O2S. The standard InChI is InChI=1S/C11H18N2O2S/c1-4-5-9(14)6-12-11(15)10-7(2)13-8(3)16-10/h9,14H,4-6H2,1-3H3,(H,12,15). The van der Waals surface area contributed by atoms with Gasteiger partial charge in [0, 0.05) is 6.54 Å². The third-order valence-electron chi connectivity index (χ3n) is 2.23. The van der Waals surface area contributed by atoms with Gasteiger partial charge < -0.3 is 10.4 Å². The molecule has 1 amide bonds. The van der Waals surface area contributed by atoms with E-state index in [9.17, 15) is 9.90 Å². The molecule has 1 aromatic heterocycles. The number of nitrogens with zero attached hydrogens (tertiary/aromatic N) is 1. The summed E-state index contributed by atoms with van der Waals surface area (Å²) in [6, 6.07) is 0. The molecule has 0 aromatic carbocycles. The van der Waals surface area contributed by atoms with E-state index in [1.165, 1.54) is 11.3 Å². The van der Waals surface area contributed by atoms with Crippen LogP contribution in [0.2, 0.25) is 0 Å². The van der Waals surface area contributed by atoms with Crippen molar-refractivity contribution >= 4 is 17.2 Å². The monoisotopic (exact) mass is 242 g/mol. The molecule has 5 heteroatoms. The lowest BCUT2D eigenvalue weighted by atomic mass is 10.2. The molecule has 0 fully saturated rings. The minimum atomic E-state index is -0.455. The summed E-state index contributed by atoms with van der Waals surface area (Å²) >= 11 is 1.38. The van der Waals surface area contributed by atoms with Gasteiger partial charge in [0.1, 0.15) is 4.88 Å². The van der Waals surface area contributed by atoms with Crippen LogP contribution in [0.4, 0.5) is 0 Å². The average molecular weight is 242 g/mol. The van der Waals surface area contributed by atoms with Gasteiger partial charge in [-0.15, -0.1) is 11.3 Å². The Morgan fingerprint density at radius 3 is 2.75 bits per heavy atom. The van der Waals surface area contributed by atoms with Gasteiger partial charge in [-0.3, -0.25) is 4.79 Å². The summed E-state index contributed by atoms with van der Waals surface area (Å²) in [7, 11) is 0. The first-order valence-corrected chi connectivity index (χ1v) is 6.26. The number of aromatic nitrogens is 1. The van der Waals surface area contributed by atoms with Gasteiger partial charge in [0.2, 0.25) is 0 Å². The van der Waals surface area contributed by atoms with Gasteiger partial charge in [-0.2, -0.15) is 0 Å². The Bertz CT molecular complexity index is 363. The van der Waals surface area contributed by atoms with Crippen molar-refractivity contribution < 1.29 is 9.90 Å². The van der Waals surface area contributed by atoms with Gasteiger partial charge in [0.05, 0.1) is 16.8 Å². The first kappa shape index (κ1) is 13.1. The molecule has 0 radical (unpaired) electrons. The second kappa shape index (κ2) is 5.96. The number of carbonyl (C=O) groups is 1. The number of carbonyl (C=O) groups excluding carboxylic acids is 1. The number of aryl methyl sites for hydroxylation is 2. The molecule has 0 aliphatic heterocycles. The fourth-order valence-electron chi connectivity index (χ4n) is 1.47. The van der Waals surface area contributed by atoms with Crippen molar-refractivity contribution in [2.75, 3.05) is 6.54 Å². The first-order chi connectivity index (χ1) is 7.54. The zero-order valence-electron chi connectivity index (χ0n) is 9.91. The largest absolute Gasteiger partial charge is 0.391 e. The van der Waals surface area contributed by atoms with Gasteiger partial charge in [-0.05, 0) is 20.3 Å². The molecule has 90 valence electrons. The Morgan fingerprint density at radius 1 is 1.56 bits per heavy atom. The zero-order valence-corrected chi connectivity index (χ0v) is 10.7. The summed E-state index contributed by atoms with van der Waals surface area (Å²) in [5, 5.41) is 13.1. The lowest BCUT2D eigenvalue weighted by Gasteiger charge is -2.09. The second-order valence-corrected chi connectivity index (χ2v) is 5.00. The molecule has 1 atom stereocenters. The average Bonchev–Trinajstić information content (AvgIpc) is 2.55. The van der Waals surface area contributed by atoms with Crippen LogP contribution in [0, 0.1) is 13.8 Å². The third kappa shape index (κ3) is 3.57. The molecule has 0 aliphatic rings. The highest BCUT2D eigenvalue weighted by molar-refractivity contribution is 7.13. The Labute approximate surface area is 99.7 Å². The SMILES string of the molecule is CCCC(O)CNC(=O)c1sc(C)nc1C. The van der Waals surface area contributed by atoms with Crippen LogP contribution in [0.1, 0.15) is 40.1 Å². The van der Waals surface area contributed by atoms with Crippen LogP contribution in [0.5, 0.6) is 0 Å². The van der Waals surface area contributed by atoms with Crippen LogP contribution in [-0.2, 0) is 0 Å². The molecule has 1 heterocycles. The molecule has 1 rings (SSSR count). The molecule has 0 bridgehead atoms. The molecule has 0 aliphatic carbocycles. The molecule has 1 unspecified atom stereocenters. The first-order valence-electron chi connectivity index (χ1n) is 5.44. The van der Waals surface area contributed by atoms with Gasteiger partial charge >= 0.3 is 0 Å². The fraction of sp³-hybridized carbons (Fsp3) is 0.636. The van der Waals surface area contributed by atoms with E-state index < -0.39 is 6.10 Å². The van der Waals surface area contributed by atoms with E-state index in [0.29, 0.717) is 17.8 Å². The quantitative estimate of drug-likeness (QED) is 0.825.